The van der Waals surface area contributed by atoms with E-state index in [9.17, 15) is 33.5 Å². The van der Waals surface area contributed by atoms with Gasteiger partial charge in [0.05, 0.1) is 19.1 Å². The smallest absolute Gasteiger partial charge is 0.339 e. The summed E-state index contributed by atoms with van der Waals surface area (Å²) in [6, 6.07) is 5.21. The van der Waals surface area contributed by atoms with E-state index in [1.807, 2.05) is 0 Å². The lowest BCUT2D eigenvalue weighted by atomic mass is 9.78. The van der Waals surface area contributed by atoms with Crippen LogP contribution in [-0.2, 0) is 52.4 Å². The van der Waals surface area contributed by atoms with Crippen LogP contribution in [0.15, 0.2) is 59.2 Å². The molecule has 1 amide bonds. The zero-order valence-corrected chi connectivity index (χ0v) is 25.8. The molecule has 3 aliphatic rings. The van der Waals surface area contributed by atoms with Gasteiger partial charge in [0.15, 0.2) is 30.2 Å². The number of methoxy groups -OCH3 is 1. The number of benzene rings is 1. The van der Waals surface area contributed by atoms with E-state index < -0.39 is 72.4 Å². The summed E-state index contributed by atoms with van der Waals surface area (Å²) in [6.45, 7) is 3.42. The molecular formula is C32H34FNO12. The summed E-state index contributed by atoms with van der Waals surface area (Å²) in [5.74, 6) is -4.09. The zero-order chi connectivity index (χ0) is 33.7. The van der Waals surface area contributed by atoms with Gasteiger partial charge in [-0.2, -0.15) is 0 Å². The first-order valence-electron chi connectivity index (χ1n) is 14.4. The number of hydrogen-bond donors (Lipinski definition) is 1. The topological polar surface area (TPSA) is 164 Å². The van der Waals surface area contributed by atoms with Crippen LogP contribution >= 0.6 is 0 Å². The number of amides is 1. The summed E-state index contributed by atoms with van der Waals surface area (Å²) in [6.07, 6.45) is -4.82. The standard InChI is InChI=1S/C32H34FNO12/c1-16(35)42-24(19-6-10-21(33)11-7-19)15-14-23-25(34(4)30(23)39)20-8-12-22(13-9-20)45-32-26(38)27(43-17(2)36)28(44-18(3)37)29(46-32)31(40)41-5/h6-8,10-12,23-29,32,38H,14-15H2,1-5H3/t23?,24-,25+,26+,27+,28-,29-,32+/m0/s1. The number of rotatable bonds is 11. The number of allylic oxidation sites excluding steroid dienone is 1. The minimum Gasteiger partial charge on any atom is -0.467 e. The lowest BCUT2D eigenvalue weighted by Gasteiger charge is -2.45. The molecule has 0 bridgehead atoms. The van der Waals surface area contributed by atoms with Gasteiger partial charge in [0.1, 0.15) is 11.9 Å². The number of likely N-dealkylation sites (tertiary alicyclic amines) is 1. The van der Waals surface area contributed by atoms with Crippen molar-refractivity contribution < 1.29 is 61.9 Å². The van der Waals surface area contributed by atoms with Gasteiger partial charge < -0.3 is 38.4 Å². The van der Waals surface area contributed by atoms with Crippen LogP contribution < -0.4 is 0 Å². The monoisotopic (exact) mass is 643 g/mol. The number of likely N-dealkylation sites (N-methyl/N-ethyl adjacent to an activating group) is 1. The van der Waals surface area contributed by atoms with Crippen molar-refractivity contribution in [3.8, 4) is 0 Å². The van der Waals surface area contributed by atoms with E-state index in [2.05, 4.69) is 11.5 Å². The molecule has 2 heterocycles. The van der Waals surface area contributed by atoms with Gasteiger partial charge in [0, 0.05) is 33.4 Å². The number of esters is 4. The summed E-state index contributed by atoms with van der Waals surface area (Å²) in [5.41, 5.74) is 6.95. The van der Waals surface area contributed by atoms with E-state index in [1.54, 1.807) is 13.1 Å². The Kier molecular flexibility index (Phi) is 10.8. The largest absolute Gasteiger partial charge is 0.467 e. The van der Waals surface area contributed by atoms with Crippen molar-refractivity contribution >= 4 is 29.8 Å². The molecule has 246 valence electrons. The van der Waals surface area contributed by atoms with Crippen LogP contribution in [0.2, 0.25) is 0 Å². The lowest BCUT2D eigenvalue weighted by Crippen LogP contribution is -2.62. The Morgan fingerprint density at radius 3 is 2.22 bits per heavy atom. The molecule has 1 unspecified atom stereocenters. The summed E-state index contributed by atoms with van der Waals surface area (Å²) in [4.78, 5) is 62.0. The van der Waals surface area contributed by atoms with Crippen molar-refractivity contribution in [1.29, 1.82) is 0 Å². The first kappa shape index (κ1) is 34.1. The minimum absolute atomic E-state index is 0.0278. The molecule has 4 rings (SSSR count). The summed E-state index contributed by atoms with van der Waals surface area (Å²) >= 11 is 0. The van der Waals surface area contributed by atoms with Crippen molar-refractivity contribution in [2.45, 2.75) is 76.5 Å². The number of carbonyl (C=O) groups is 5. The third-order valence-corrected chi connectivity index (χ3v) is 7.62. The van der Waals surface area contributed by atoms with Gasteiger partial charge >= 0.3 is 23.9 Å². The van der Waals surface area contributed by atoms with Crippen molar-refractivity contribution in [2.75, 3.05) is 14.2 Å². The Hall–Kier alpha value is -4.74. The van der Waals surface area contributed by atoms with Gasteiger partial charge in [-0.3, -0.25) is 19.2 Å². The average molecular weight is 644 g/mol. The fourth-order valence-electron chi connectivity index (χ4n) is 5.56. The molecule has 1 N–H and O–H groups in total. The van der Waals surface area contributed by atoms with E-state index in [4.69, 9.17) is 28.4 Å². The van der Waals surface area contributed by atoms with E-state index in [-0.39, 0.29) is 17.7 Å². The highest BCUT2D eigenvalue weighted by Crippen LogP contribution is 2.38. The Morgan fingerprint density at radius 2 is 1.65 bits per heavy atom. The highest BCUT2D eigenvalue weighted by molar-refractivity contribution is 5.87. The van der Waals surface area contributed by atoms with Crippen molar-refractivity contribution in [3.63, 3.8) is 0 Å². The number of aliphatic hydroxyl groups excluding tert-OH is 1. The molecule has 0 saturated carbocycles. The number of ether oxygens (including phenoxy) is 6. The first-order valence-corrected chi connectivity index (χ1v) is 14.4. The first-order chi connectivity index (χ1) is 21.8. The number of carbonyl (C=O) groups excluding carboxylic acids is 5. The molecule has 1 aromatic carbocycles. The van der Waals surface area contributed by atoms with Gasteiger partial charge in [-0.1, -0.05) is 17.9 Å². The third-order valence-electron chi connectivity index (χ3n) is 7.62. The average Bonchev–Trinajstić information content (AvgIpc) is 3.01. The normalized spacial score (nSPS) is 27.4. The highest BCUT2D eigenvalue weighted by atomic mass is 19.1. The summed E-state index contributed by atoms with van der Waals surface area (Å²) in [5, 5.41) is 10.9. The fraction of sp³-hybridized carbons (Fsp3) is 0.469. The van der Waals surface area contributed by atoms with Gasteiger partial charge in [-0.05, 0) is 48.4 Å². The van der Waals surface area contributed by atoms with E-state index in [1.165, 1.54) is 42.2 Å². The molecule has 2 aliphatic heterocycles. The molecule has 1 aliphatic carbocycles. The number of aliphatic hydroxyl groups is 1. The maximum Gasteiger partial charge on any atom is 0.339 e. The molecule has 8 atom stereocenters. The maximum absolute atomic E-state index is 13.4. The molecule has 46 heavy (non-hydrogen) atoms. The van der Waals surface area contributed by atoms with Gasteiger partial charge in [0.25, 0.3) is 0 Å². The zero-order valence-electron chi connectivity index (χ0n) is 25.8. The second-order valence-corrected chi connectivity index (χ2v) is 10.8. The van der Waals surface area contributed by atoms with Crippen LogP contribution in [0.4, 0.5) is 4.39 Å². The van der Waals surface area contributed by atoms with Crippen molar-refractivity contribution in [3.05, 3.63) is 70.6 Å². The number of nitrogens with zero attached hydrogens (tertiary/aromatic N) is 1. The van der Waals surface area contributed by atoms with Crippen LogP contribution in [0.1, 0.15) is 45.3 Å². The molecule has 0 spiro atoms. The van der Waals surface area contributed by atoms with Crippen molar-refractivity contribution in [1.82, 2.24) is 4.90 Å². The second-order valence-electron chi connectivity index (χ2n) is 10.8. The predicted molar refractivity (Wildman–Crippen MR) is 152 cm³/mol. The number of hydrogen-bond acceptors (Lipinski definition) is 12. The minimum atomic E-state index is -1.70. The van der Waals surface area contributed by atoms with Crippen LogP contribution in [0.3, 0.4) is 0 Å². The number of halogens is 1. The maximum atomic E-state index is 13.4. The Labute approximate surface area is 263 Å². The van der Waals surface area contributed by atoms with E-state index >= 15 is 0 Å². The molecule has 13 nitrogen and oxygen atoms in total. The SMILES string of the molecule is COC(=O)[C@H]1O[C@@H](OC2=C=C=C([C@@H]3C(CC[C@H](OC(C)=O)c4ccc(F)cc4)C(=O)N3C)C=C2)[C@H](O)[C@@H](OC(C)=O)[C@@H]1OC(C)=O. The molecule has 2 saturated heterocycles. The Morgan fingerprint density at radius 1 is 1.00 bits per heavy atom. The molecule has 14 heteroatoms. The molecular weight excluding hydrogens is 609 g/mol. The lowest BCUT2D eigenvalue weighted by molar-refractivity contribution is -0.289. The van der Waals surface area contributed by atoms with Crippen molar-refractivity contribution in [2.24, 2.45) is 5.92 Å². The summed E-state index contributed by atoms with van der Waals surface area (Å²) < 4.78 is 45.3. The second kappa shape index (κ2) is 14.6. The third kappa shape index (κ3) is 7.72. The number of β-lactam (4-membered cyclic amide) rings is 1. The molecule has 0 radical (unpaired) electrons. The van der Waals surface area contributed by atoms with Crippen LogP contribution in [-0.4, -0.2) is 90.7 Å². The predicted octanol–water partition coefficient (Wildman–Crippen LogP) is 1.94. The molecule has 2 fully saturated rings. The van der Waals surface area contributed by atoms with Crippen LogP contribution in [0.5, 0.6) is 0 Å². The van der Waals surface area contributed by atoms with Gasteiger partial charge in [-0.25, -0.2) is 9.18 Å². The van der Waals surface area contributed by atoms with Gasteiger partial charge in [-0.15, -0.1) is 0 Å². The van der Waals surface area contributed by atoms with Gasteiger partial charge in [0.2, 0.25) is 12.2 Å². The van der Waals surface area contributed by atoms with E-state index in [0.717, 1.165) is 21.0 Å². The molecule has 1 aromatic rings. The Bertz CT molecular complexity index is 1510. The molecule has 0 aromatic heterocycles. The van der Waals surface area contributed by atoms with Crippen LogP contribution in [0, 0.1) is 11.7 Å². The van der Waals surface area contributed by atoms with Crippen LogP contribution in [0.25, 0.3) is 0 Å². The highest BCUT2D eigenvalue weighted by Gasteiger charge is 2.54. The van der Waals surface area contributed by atoms with E-state index in [0.29, 0.717) is 24.0 Å². The fourth-order valence-corrected chi connectivity index (χ4v) is 5.56. The summed E-state index contributed by atoms with van der Waals surface area (Å²) in [7, 11) is 2.72. The Balaban J connectivity index is 1.52. The quantitative estimate of drug-likeness (QED) is 0.162.